The maximum absolute atomic E-state index is 12.9. The number of hydrogen-bond donors (Lipinski definition) is 1. The van der Waals surface area contributed by atoms with Crippen molar-refractivity contribution >= 4 is 39.6 Å². The van der Waals surface area contributed by atoms with Crippen LogP contribution in [0.3, 0.4) is 0 Å². The molecule has 6 nitrogen and oxygen atoms in total. The molecule has 0 saturated heterocycles. The smallest absolute Gasteiger partial charge is 0.295 e. The van der Waals surface area contributed by atoms with Gasteiger partial charge in [-0.3, -0.25) is 9.59 Å². The zero-order valence-electron chi connectivity index (χ0n) is 15.5. The molecule has 0 aliphatic carbocycles. The van der Waals surface area contributed by atoms with Crippen molar-refractivity contribution in [3.8, 4) is 0 Å². The molecule has 0 spiro atoms. The first-order valence-corrected chi connectivity index (χ1v) is 10.2. The fourth-order valence-electron chi connectivity index (χ4n) is 3.15. The Bertz CT molecular complexity index is 1240. The van der Waals surface area contributed by atoms with E-state index in [2.05, 4.69) is 15.4 Å². The van der Waals surface area contributed by atoms with Gasteiger partial charge < -0.3 is 5.32 Å². The minimum absolute atomic E-state index is 0.184. The van der Waals surface area contributed by atoms with Gasteiger partial charge in [-0.05, 0) is 24.1 Å². The van der Waals surface area contributed by atoms with Crippen LogP contribution in [-0.2, 0) is 4.79 Å². The third-order valence-corrected chi connectivity index (χ3v) is 5.74. The van der Waals surface area contributed by atoms with Crippen molar-refractivity contribution in [2.45, 2.75) is 19.3 Å². The number of carbonyl (C=O) groups excluding carboxylic acids is 1. The molecule has 146 valence electrons. The fraction of sp³-hybridized carbons (Fsp3) is 0.143. The molecule has 1 unspecified atom stereocenters. The molecule has 4 rings (SSSR count). The zero-order valence-corrected chi connectivity index (χ0v) is 17.1. The van der Waals surface area contributed by atoms with Crippen molar-refractivity contribution in [2.75, 3.05) is 5.32 Å². The second-order valence-corrected chi connectivity index (χ2v) is 7.80. The number of thiazole rings is 1. The molecule has 0 aliphatic rings. The molecular formula is C21H17ClN4O2S. The lowest BCUT2D eigenvalue weighted by atomic mass is 9.88. The van der Waals surface area contributed by atoms with Crippen LogP contribution in [0.5, 0.6) is 0 Å². The Kier molecular flexibility index (Phi) is 5.42. The molecule has 1 amide bonds. The number of anilines is 1. The van der Waals surface area contributed by atoms with E-state index in [0.29, 0.717) is 15.8 Å². The molecule has 2 aromatic heterocycles. The summed E-state index contributed by atoms with van der Waals surface area (Å²) in [6, 6.07) is 17.3. The van der Waals surface area contributed by atoms with Gasteiger partial charge in [0.1, 0.15) is 11.5 Å². The fourth-order valence-corrected chi connectivity index (χ4v) is 4.17. The molecule has 4 aromatic rings. The van der Waals surface area contributed by atoms with Crippen molar-refractivity contribution in [1.82, 2.24) is 14.6 Å². The van der Waals surface area contributed by atoms with Gasteiger partial charge in [-0.15, -0.1) is 11.3 Å². The number of benzene rings is 2. The van der Waals surface area contributed by atoms with E-state index in [0.717, 1.165) is 11.1 Å². The standard InChI is InChI=1S/C21H17ClN4O2S/c1-13-20(28)24-21-26(25-13)18(12-29-21)23-19(27)11-16(14-7-3-2-4-8-14)15-9-5-6-10-17(15)22/h2-10,12,16H,11H2,1H3,(H,23,27). The van der Waals surface area contributed by atoms with Gasteiger partial charge >= 0.3 is 0 Å². The van der Waals surface area contributed by atoms with Gasteiger partial charge in [-0.25, -0.2) is 0 Å². The van der Waals surface area contributed by atoms with Gasteiger partial charge in [-0.1, -0.05) is 60.1 Å². The van der Waals surface area contributed by atoms with Gasteiger partial charge in [0.05, 0.1) is 0 Å². The highest BCUT2D eigenvalue weighted by atomic mass is 35.5. The SMILES string of the molecule is Cc1nn2c(NC(=O)CC(c3ccccc3)c3ccccc3Cl)csc2nc1=O. The summed E-state index contributed by atoms with van der Waals surface area (Å²) in [6.45, 7) is 1.59. The highest BCUT2D eigenvalue weighted by molar-refractivity contribution is 7.15. The number of hydrogen-bond acceptors (Lipinski definition) is 5. The molecule has 8 heteroatoms. The minimum Gasteiger partial charge on any atom is -0.310 e. The van der Waals surface area contributed by atoms with Gasteiger partial charge in [-0.2, -0.15) is 14.6 Å². The number of aromatic nitrogens is 3. The largest absolute Gasteiger partial charge is 0.310 e. The van der Waals surface area contributed by atoms with Crippen molar-refractivity contribution in [3.05, 3.63) is 92.2 Å². The minimum atomic E-state index is -0.368. The lowest BCUT2D eigenvalue weighted by Crippen LogP contribution is -2.20. The van der Waals surface area contributed by atoms with Gasteiger partial charge in [0.25, 0.3) is 5.56 Å². The molecular weight excluding hydrogens is 408 g/mol. The van der Waals surface area contributed by atoms with Crippen LogP contribution < -0.4 is 10.9 Å². The maximum Gasteiger partial charge on any atom is 0.295 e. The molecule has 0 aliphatic heterocycles. The zero-order chi connectivity index (χ0) is 20.4. The van der Waals surface area contributed by atoms with E-state index in [1.54, 1.807) is 12.3 Å². The Hall–Kier alpha value is -3.03. The summed E-state index contributed by atoms with van der Waals surface area (Å²) >= 11 is 7.67. The molecule has 0 saturated carbocycles. The number of aryl methyl sites for hydroxylation is 1. The molecule has 0 bridgehead atoms. The van der Waals surface area contributed by atoms with Crippen LogP contribution in [0.1, 0.15) is 29.2 Å². The molecule has 29 heavy (non-hydrogen) atoms. The lowest BCUT2D eigenvalue weighted by Gasteiger charge is -2.19. The Balaban J connectivity index is 1.63. The molecule has 0 fully saturated rings. The summed E-state index contributed by atoms with van der Waals surface area (Å²) < 4.78 is 1.48. The van der Waals surface area contributed by atoms with Crippen LogP contribution in [0, 0.1) is 6.92 Å². The van der Waals surface area contributed by atoms with Crippen LogP contribution in [0.2, 0.25) is 5.02 Å². The summed E-state index contributed by atoms with van der Waals surface area (Å²) in [7, 11) is 0. The topological polar surface area (TPSA) is 76.4 Å². The van der Waals surface area contributed by atoms with E-state index in [-0.39, 0.29) is 29.5 Å². The number of amides is 1. The van der Waals surface area contributed by atoms with E-state index in [4.69, 9.17) is 11.6 Å². The van der Waals surface area contributed by atoms with Crippen molar-refractivity contribution < 1.29 is 4.79 Å². The normalized spacial score (nSPS) is 12.1. The average molecular weight is 425 g/mol. The highest BCUT2D eigenvalue weighted by Crippen LogP contribution is 2.33. The Morgan fingerprint density at radius 1 is 1.17 bits per heavy atom. The summed E-state index contributed by atoms with van der Waals surface area (Å²) in [5.41, 5.74) is 1.80. The van der Waals surface area contributed by atoms with Gasteiger partial charge in [0.15, 0.2) is 0 Å². The third kappa shape index (κ3) is 4.06. The monoisotopic (exact) mass is 424 g/mol. The number of nitrogens with one attached hydrogen (secondary N) is 1. The predicted octanol–water partition coefficient (Wildman–Crippen LogP) is 4.27. The number of rotatable bonds is 5. The number of nitrogens with zero attached hydrogens (tertiary/aromatic N) is 3. The molecule has 1 atom stereocenters. The first kappa shape index (κ1) is 19.3. The van der Waals surface area contributed by atoms with Crippen LogP contribution in [0.25, 0.3) is 4.96 Å². The van der Waals surface area contributed by atoms with E-state index in [1.807, 2.05) is 54.6 Å². The third-order valence-electron chi connectivity index (χ3n) is 4.58. The van der Waals surface area contributed by atoms with Crippen molar-refractivity contribution in [1.29, 1.82) is 0 Å². The van der Waals surface area contributed by atoms with Crippen LogP contribution in [0.15, 0.2) is 64.8 Å². The van der Waals surface area contributed by atoms with E-state index >= 15 is 0 Å². The predicted molar refractivity (Wildman–Crippen MR) is 115 cm³/mol. The summed E-state index contributed by atoms with van der Waals surface area (Å²) in [4.78, 5) is 29.0. The van der Waals surface area contributed by atoms with E-state index in [1.165, 1.54) is 15.9 Å². The number of carbonyl (C=O) groups is 1. The summed E-state index contributed by atoms with van der Waals surface area (Å²) in [5.74, 6) is 0.106. The highest BCUT2D eigenvalue weighted by Gasteiger charge is 2.21. The number of fused-ring (bicyclic) bond motifs is 1. The average Bonchev–Trinajstić information content (AvgIpc) is 3.09. The van der Waals surface area contributed by atoms with E-state index in [9.17, 15) is 9.59 Å². The van der Waals surface area contributed by atoms with Crippen LogP contribution in [0.4, 0.5) is 5.82 Å². The molecule has 1 N–H and O–H groups in total. The van der Waals surface area contributed by atoms with Gasteiger partial charge in [0, 0.05) is 22.7 Å². The maximum atomic E-state index is 12.9. The Labute approximate surface area is 175 Å². The lowest BCUT2D eigenvalue weighted by molar-refractivity contribution is -0.116. The molecule has 2 aromatic carbocycles. The van der Waals surface area contributed by atoms with Crippen LogP contribution in [-0.4, -0.2) is 20.5 Å². The molecule has 0 radical (unpaired) electrons. The summed E-state index contributed by atoms with van der Waals surface area (Å²) in [5, 5.41) is 9.44. The van der Waals surface area contributed by atoms with Gasteiger partial charge in [0.2, 0.25) is 10.9 Å². The first-order valence-electron chi connectivity index (χ1n) is 8.97. The Morgan fingerprint density at radius 3 is 2.66 bits per heavy atom. The second kappa shape index (κ2) is 8.14. The van der Waals surface area contributed by atoms with E-state index < -0.39 is 0 Å². The first-order chi connectivity index (χ1) is 14.0. The quantitative estimate of drug-likeness (QED) is 0.519. The van der Waals surface area contributed by atoms with Crippen molar-refractivity contribution in [3.63, 3.8) is 0 Å². The molecule has 2 heterocycles. The Morgan fingerprint density at radius 2 is 1.90 bits per heavy atom. The van der Waals surface area contributed by atoms with Crippen LogP contribution >= 0.6 is 22.9 Å². The summed E-state index contributed by atoms with van der Waals surface area (Å²) in [6.07, 6.45) is 0.206. The van der Waals surface area contributed by atoms with Crippen molar-refractivity contribution in [2.24, 2.45) is 0 Å². The second-order valence-electron chi connectivity index (χ2n) is 6.55. The number of halogens is 1.